The zero-order valence-electron chi connectivity index (χ0n) is 18.3. The molecule has 174 valence electrons. The molecule has 0 fully saturated rings. The van der Waals surface area contributed by atoms with Gasteiger partial charge in [0.1, 0.15) is 17.1 Å². The first kappa shape index (κ1) is 23.0. The summed E-state index contributed by atoms with van der Waals surface area (Å²) < 4.78 is 24.4. The van der Waals surface area contributed by atoms with Gasteiger partial charge < -0.3 is 19.7 Å². The molecule has 8 heteroatoms. The maximum atomic E-state index is 13.7. The summed E-state index contributed by atoms with van der Waals surface area (Å²) in [7, 11) is 0. The number of ether oxygens (including phenoxy) is 2. The third-order valence-electron chi connectivity index (χ3n) is 5.42. The fraction of sp³-hybridized carbons (Fsp3) is 0.192. The van der Waals surface area contributed by atoms with Crippen molar-refractivity contribution in [2.75, 3.05) is 25.1 Å². The summed E-state index contributed by atoms with van der Waals surface area (Å²) in [5.41, 5.74) is 2.41. The lowest BCUT2D eigenvalue weighted by atomic mass is 10.00. The highest BCUT2D eigenvalue weighted by molar-refractivity contribution is 5.95. The van der Waals surface area contributed by atoms with Crippen molar-refractivity contribution in [1.82, 2.24) is 4.90 Å². The number of halogens is 1. The Labute approximate surface area is 196 Å². The number of esters is 1. The number of para-hydroxylation sites is 2. The summed E-state index contributed by atoms with van der Waals surface area (Å²) in [5, 5.41) is 2.41. The minimum Gasteiger partial charge on any atom is -0.483 e. The molecule has 0 saturated heterocycles. The Morgan fingerprint density at radius 1 is 0.882 bits per heavy atom. The van der Waals surface area contributed by atoms with Crippen molar-refractivity contribution < 1.29 is 28.2 Å². The number of fused-ring (bicyclic) bond motifs is 1. The molecule has 3 aromatic rings. The van der Waals surface area contributed by atoms with Crippen LogP contribution < -0.4 is 10.1 Å². The first-order chi connectivity index (χ1) is 16.5. The van der Waals surface area contributed by atoms with Crippen molar-refractivity contribution in [3.63, 3.8) is 0 Å². The molecule has 0 aliphatic carbocycles. The predicted octanol–water partition coefficient (Wildman–Crippen LogP) is 3.58. The minimum absolute atomic E-state index is 0.0302. The molecule has 3 aromatic carbocycles. The van der Waals surface area contributed by atoms with E-state index < -0.39 is 30.9 Å². The van der Waals surface area contributed by atoms with Crippen LogP contribution in [0.4, 0.5) is 10.1 Å². The van der Waals surface area contributed by atoms with Gasteiger partial charge in [-0.3, -0.25) is 9.59 Å². The molecule has 7 nitrogen and oxygen atoms in total. The number of anilines is 1. The SMILES string of the molecule is O=C(COc1ccccc1C(=O)OCC(=O)N1CCc2ccccc2C1)Nc1ccccc1F. The topological polar surface area (TPSA) is 84.9 Å². The van der Waals surface area contributed by atoms with E-state index in [1.54, 1.807) is 23.1 Å². The van der Waals surface area contributed by atoms with E-state index >= 15 is 0 Å². The number of nitrogens with one attached hydrogen (secondary N) is 1. The van der Waals surface area contributed by atoms with Crippen LogP contribution in [-0.2, 0) is 27.3 Å². The molecule has 2 amide bonds. The quantitative estimate of drug-likeness (QED) is 0.543. The fourth-order valence-corrected chi connectivity index (χ4v) is 3.66. The Morgan fingerprint density at radius 3 is 2.41 bits per heavy atom. The first-order valence-corrected chi connectivity index (χ1v) is 10.8. The van der Waals surface area contributed by atoms with E-state index in [1.165, 1.54) is 35.9 Å². The van der Waals surface area contributed by atoms with Crippen molar-refractivity contribution in [3.05, 3.63) is 95.3 Å². The van der Waals surface area contributed by atoms with Gasteiger partial charge in [0, 0.05) is 13.1 Å². The monoisotopic (exact) mass is 462 g/mol. The van der Waals surface area contributed by atoms with Crippen LogP contribution in [0, 0.1) is 5.82 Å². The molecule has 1 N–H and O–H groups in total. The molecular weight excluding hydrogens is 439 g/mol. The predicted molar refractivity (Wildman–Crippen MR) is 123 cm³/mol. The summed E-state index contributed by atoms with van der Waals surface area (Å²) in [4.78, 5) is 39.0. The van der Waals surface area contributed by atoms with E-state index in [0.29, 0.717) is 13.1 Å². The molecule has 0 saturated carbocycles. The van der Waals surface area contributed by atoms with Crippen LogP contribution in [0.3, 0.4) is 0 Å². The zero-order valence-corrected chi connectivity index (χ0v) is 18.3. The lowest BCUT2D eigenvalue weighted by Crippen LogP contribution is -2.38. The van der Waals surface area contributed by atoms with Crippen LogP contribution in [0.2, 0.25) is 0 Å². The van der Waals surface area contributed by atoms with Gasteiger partial charge in [-0.1, -0.05) is 48.5 Å². The molecule has 0 bridgehead atoms. The van der Waals surface area contributed by atoms with Gasteiger partial charge in [0.15, 0.2) is 13.2 Å². The number of carbonyl (C=O) groups is 3. The lowest BCUT2D eigenvalue weighted by Gasteiger charge is -2.28. The minimum atomic E-state index is -0.740. The fourth-order valence-electron chi connectivity index (χ4n) is 3.66. The van der Waals surface area contributed by atoms with E-state index in [4.69, 9.17) is 9.47 Å². The Balaban J connectivity index is 1.31. The molecular formula is C26H23FN2O5. The highest BCUT2D eigenvalue weighted by Gasteiger charge is 2.22. The molecule has 0 aromatic heterocycles. The van der Waals surface area contributed by atoms with Crippen LogP contribution in [0.15, 0.2) is 72.8 Å². The average Bonchev–Trinajstić information content (AvgIpc) is 2.87. The Bertz CT molecular complexity index is 1210. The number of carbonyl (C=O) groups excluding carboxylic acids is 3. The van der Waals surface area contributed by atoms with Crippen LogP contribution in [0.1, 0.15) is 21.5 Å². The van der Waals surface area contributed by atoms with Crippen LogP contribution in [0.5, 0.6) is 5.75 Å². The highest BCUT2D eigenvalue weighted by Crippen LogP contribution is 2.21. The van der Waals surface area contributed by atoms with Crippen molar-refractivity contribution in [3.8, 4) is 5.75 Å². The van der Waals surface area contributed by atoms with Crippen molar-refractivity contribution >= 4 is 23.5 Å². The summed E-state index contributed by atoms with van der Waals surface area (Å²) in [6, 6.07) is 19.9. The van der Waals surface area contributed by atoms with Crippen molar-refractivity contribution in [2.24, 2.45) is 0 Å². The number of amides is 2. The van der Waals surface area contributed by atoms with Crippen LogP contribution >= 0.6 is 0 Å². The maximum Gasteiger partial charge on any atom is 0.342 e. The molecule has 0 radical (unpaired) electrons. The van der Waals surface area contributed by atoms with Gasteiger partial charge >= 0.3 is 5.97 Å². The van der Waals surface area contributed by atoms with Crippen molar-refractivity contribution in [1.29, 1.82) is 0 Å². The average molecular weight is 462 g/mol. The Morgan fingerprint density at radius 2 is 1.59 bits per heavy atom. The standard InChI is InChI=1S/C26H23FN2O5/c27-21-10-4-5-11-22(21)28-24(30)16-33-23-12-6-3-9-20(23)26(32)34-17-25(31)29-14-13-18-7-1-2-8-19(18)15-29/h1-12H,13-17H2,(H,28,30). The molecule has 1 aliphatic heterocycles. The lowest BCUT2D eigenvalue weighted by molar-refractivity contribution is -0.135. The summed E-state index contributed by atoms with van der Waals surface area (Å²) in [6.45, 7) is 0.196. The molecule has 1 heterocycles. The van der Waals surface area contributed by atoms with E-state index in [2.05, 4.69) is 5.32 Å². The third kappa shape index (κ3) is 5.58. The van der Waals surface area contributed by atoms with E-state index in [0.717, 1.165) is 12.0 Å². The largest absolute Gasteiger partial charge is 0.483 e. The summed E-state index contributed by atoms with van der Waals surface area (Å²) >= 11 is 0. The van der Waals surface area contributed by atoms with Gasteiger partial charge in [0.05, 0.1) is 5.69 Å². The second-order valence-electron chi connectivity index (χ2n) is 7.72. The summed E-state index contributed by atoms with van der Waals surface area (Å²) in [5.74, 6) is -2.06. The summed E-state index contributed by atoms with van der Waals surface area (Å²) in [6.07, 6.45) is 0.751. The zero-order chi connectivity index (χ0) is 23.9. The molecule has 0 spiro atoms. The molecule has 0 atom stereocenters. The molecule has 0 unspecified atom stereocenters. The molecule has 34 heavy (non-hydrogen) atoms. The van der Waals surface area contributed by atoms with Gasteiger partial charge in [0.25, 0.3) is 11.8 Å². The van der Waals surface area contributed by atoms with Gasteiger partial charge in [-0.25, -0.2) is 9.18 Å². The Hall–Kier alpha value is -4.20. The first-order valence-electron chi connectivity index (χ1n) is 10.8. The van der Waals surface area contributed by atoms with Gasteiger partial charge in [-0.2, -0.15) is 0 Å². The number of benzene rings is 3. The van der Waals surface area contributed by atoms with Crippen molar-refractivity contribution in [2.45, 2.75) is 13.0 Å². The van der Waals surface area contributed by atoms with Crippen LogP contribution in [0.25, 0.3) is 0 Å². The van der Waals surface area contributed by atoms with Gasteiger partial charge in [0.2, 0.25) is 0 Å². The second kappa shape index (κ2) is 10.6. The number of rotatable bonds is 7. The van der Waals surface area contributed by atoms with Gasteiger partial charge in [-0.15, -0.1) is 0 Å². The molecule has 4 rings (SSSR count). The third-order valence-corrected chi connectivity index (χ3v) is 5.42. The number of nitrogens with zero attached hydrogens (tertiary/aromatic N) is 1. The van der Waals surface area contributed by atoms with E-state index in [1.807, 2.05) is 24.3 Å². The maximum absolute atomic E-state index is 13.7. The highest BCUT2D eigenvalue weighted by atomic mass is 19.1. The number of hydrogen-bond donors (Lipinski definition) is 1. The second-order valence-corrected chi connectivity index (χ2v) is 7.72. The number of hydrogen-bond acceptors (Lipinski definition) is 5. The van der Waals surface area contributed by atoms with E-state index in [-0.39, 0.29) is 22.9 Å². The van der Waals surface area contributed by atoms with Crippen LogP contribution in [-0.4, -0.2) is 42.4 Å². The normalized spacial score (nSPS) is 12.4. The molecule has 1 aliphatic rings. The smallest absolute Gasteiger partial charge is 0.342 e. The van der Waals surface area contributed by atoms with E-state index in [9.17, 15) is 18.8 Å². The van der Waals surface area contributed by atoms with Gasteiger partial charge in [-0.05, 0) is 41.8 Å². The Kier molecular flexibility index (Phi) is 7.17.